The van der Waals surface area contributed by atoms with Crippen LogP contribution in [0, 0.1) is 0 Å². The minimum absolute atomic E-state index is 0.0642. The zero-order valence-electron chi connectivity index (χ0n) is 13.8. The van der Waals surface area contributed by atoms with Crippen molar-refractivity contribution in [1.82, 2.24) is 4.90 Å². The number of halogens is 3. The number of hydrogen-bond donors (Lipinski definition) is 0. The van der Waals surface area contributed by atoms with Gasteiger partial charge in [0.1, 0.15) is 0 Å². The first kappa shape index (κ1) is 17.4. The Hall–Kier alpha value is -2.40. The van der Waals surface area contributed by atoms with E-state index in [-0.39, 0.29) is 12.3 Å². The predicted octanol–water partition coefficient (Wildman–Crippen LogP) is 4.93. The first-order valence-corrected chi connectivity index (χ1v) is 8.01. The predicted molar refractivity (Wildman–Crippen MR) is 90.2 cm³/mol. The van der Waals surface area contributed by atoms with E-state index in [1.807, 2.05) is 30.3 Å². The summed E-state index contributed by atoms with van der Waals surface area (Å²) in [7, 11) is 0. The zero-order valence-corrected chi connectivity index (χ0v) is 13.8. The fourth-order valence-corrected chi connectivity index (χ4v) is 3.04. The van der Waals surface area contributed by atoms with E-state index in [2.05, 4.69) is 0 Å². The monoisotopic (exact) mass is 345 g/mol. The van der Waals surface area contributed by atoms with Crippen LogP contribution in [0.3, 0.4) is 0 Å². The van der Waals surface area contributed by atoms with Crippen molar-refractivity contribution in [3.8, 4) is 0 Å². The number of alkyl halides is 3. The van der Waals surface area contributed by atoms with Gasteiger partial charge < -0.3 is 0 Å². The van der Waals surface area contributed by atoms with Crippen LogP contribution in [-0.2, 0) is 6.54 Å². The average molecular weight is 345 g/mol. The zero-order chi connectivity index (χ0) is 18.0. The molecular formula is C20H18F3NO. The number of carbonyl (C=O) groups excluding carboxylic acids is 1. The van der Waals surface area contributed by atoms with Crippen molar-refractivity contribution in [3.05, 3.63) is 82.9 Å². The highest BCUT2D eigenvalue weighted by Gasteiger charge is 2.40. The van der Waals surface area contributed by atoms with Crippen LogP contribution in [-0.4, -0.2) is 23.4 Å². The summed E-state index contributed by atoms with van der Waals surface area (Å²) < 4.78 is 39.6. The summed E-state index contributed by atoms with van der Waals surface area (Å²) in [5, 5.41) is 0. The van der Waals surface area contributed by atoms with Crippen molar-refractivity contribution in [2.45, 2.75) is 25.7 Å². The van der Waals surface area contributed by atoms with Crippen LogP contribution in [0.4, 0.5) is 13.2 Å². The van der Waals surface area contributed by atoms with E-state index < -0.39 is 17.8 Å². The summed E-state index contributed by atoms with van der Waals surface area (Å²) in [5.74, 6) is -0.0642. The molecule has 0 saturated carbocycles. The van der Waals surface area contributed by atoms with Crippen LogP contribution in [0.15, 0.2) is 66.2 Å². The van der Waals surface area contributed by atoms with Gasteiger partial charge in [-0.25, -0.2) is 0 Å². The Kier molecular flexibility index (Phi) is 4.77. The standard InChI is InChI=1S/C20H18F3NO/c1-14(25)16-7-9-17(10-8-16)19-11-18(20(21,22)23)13-24(19)12-15-5-3-2-4-6-15/h2-11,19H,12-13H2,1H3. The maximum absolute atomic E-state index is 13.2. The van der Waals surface area contributed by atoms with Crippen LogP contribution in [0.25, 0.3) is 0 Å². The summed E-state index contributed by atoms with van der Waals surface area (Å²) in [6, 6.07) is 15.8. The van der Waals surface area contributed by atoms with Crippen molar-refractivity contribution < 1.29 is 18.0 Å². The summed E-state index contributed by atoms with van der Waals surface area (Å²) in [6.07, 6.45) is -3.05. The van der Waals surface area contributed by atoms with Gasteiger partial charge in [0, 0.05) is 24.2 Å². The van der Waals surface area contributed by atoms with E-state index in [4.69, 9.17) is 0 Å². The highest BCUT2D eigenvalue weighted by molar-refractivity contribution is 5.94. The minimum atomic E-state index is -4.33. The maximum atomic E-state index is 13.2. The second-order valence-electron chi connectivity index (χ2n) is 6.20. The highest BCUT2D eigenvalue weighted by atomic mass is 19.4. The minimum Gasteiger partial charge on any atom is -0.295 e. The van der Waals surface area contributed by atoms with E-state index in [1.165, 1.54) is 13.0 Å². The van der Waals surface area contributed by atoms with Crippen LogP contribution in [0.2, 0.25) is 0 Å². The fourth-order valence-electron chi connectivity index (χ4n) is 3.04. The molecular weight excluding hydrogens is 327 g/mol. The number of rotatable bonds is 4. The van der Waals surface area contributed by atoms with Gasteiger partial charge in [-0.1, -0.05) is 60.7 Å². The lowest BCUT2D eigenvalue weighted by molar-refractivity contribution is -0.0937. The maximum Gasteiger partial charge on any atom is 0.413 e. The van der Waals surface area contributed by atoms with Crippen molar-refractivity contribution >= 4 is 5.78 Å². The third-order valence-corrected chi connectivity index (χ3v) is 4.38. The summed E-state index contributed by atoms with van der Waals surface area (Å²) >= 11 is 0. The molecule has 1 atom stereocenters. The number of ketones is 1. The van der Waals surface area contributed by atoms with E-state index in [1.54, 1.807) is 29.2 Å². The third-order valence-electron chi connectivity index (χ3n) is 4.38. The Morgan fingerprint density at radius 2 is 1.72 bits per heavy atom. The molecule has 0 spiro atoms. The largest absolute Gasteiger partial charge is 0.413 e. The quantitative estimate of drug-likeness (QED) is 0.578. The SMILES string of the molecule is CC(=O)c1ccc(C2C=C(C(F)(F)F)CN2Cc2ccccc2)cc1. The molecule has 1 heterocycles. The first-order valence-electron chi connectivity index (χ1n) is 8.01. The Morgan fingerprint density at radius 1 is 1.08 bits per heavy atom. The molecule has 2 aromatic rings. The van der Waals surface area contributed by atoms with Gasteiger partial charge in [-0.3, -0.25) is 9.69 Å². The number of nitrogens with zero attached hydrogens (tertiary/aromatic N) is 1. The molecule has 0 radical (unpaired) electrons. The highest BCUT2D eigenvalue weighted by Crippen LogP contribution is 2.38. The lowest BCUT2D eigenvalue weighted by atomic mass is 10.0. The van der Waals surface area contributed by atoms with Crippen molar-refractivity contribution in [3.63, 3.8) is 0 Å². The van der Waals surface area contributed by atoms with E-state index in [0.29, 0.717) is 12.1 Å². The molecule has 0 bridgehead atoms. The van der Waals surface area contributed by atoms with Crippen molar-refractivity contribution in [1.29, 1.82) is 0 Å². The number of benzene rings is 2. The van der Waals surface area contributed by atoms with E-state index in [0.717, 1.165) is 11.1 Å². The van der Waals surface area contributed by atoms with Gasteiger partial charge in [-0.05, 0) is 18.1 Å². The van der Waals surface area contributed by atoms with Gasteiger partial charge in [0.05, 0.1) is 6.04 Å². The molecule has 1 unspecified atom stereocenters. The Morgan fingerprint density at radius 3 is 2.28 bits per heavy atom. The lowest BCUT2D eigenvalue weighted by Crippen LogP contribution is -2.26. The number of carbonyl (C=O) groups is 1. The smallest absolute Gasteiger partial charge is 0.295 e. The molecule has 1 aliphatic rings. The topological polar surface area (TPSA) is 20.3 Å². The molecule has 25 heavy (non-hydrogen) atoms. The van der Waals surface area contributed by atoms with Crippen molar-refractivity contribution in [2.24, 2.45) is 0 Å². The second-order valence-corrected chi connectivity index (χ2v) is 6.20. The van der Waals surface area contributed by atoms with Gasteiger partial charge in [0.25, 0.3) is 0 Å². The third kappa shape index (κ3) is 3.99. The van der Waals surface area contributed by atoms with Gasteiger partial charge >= 0.3 is 6.18 Å². The van der Waals surface area contributed by atoms with Gasteiger partial charge in [-0.15, -0.1) is 0 Å². The number of hydrogen-bond acceptors (Lipinski definition) is 2. The molecule has 2 nitrogen and oxygen atoms in total. The molecule has 5 heteroatoms. The Balaban J connectivity index is 1.90. The Bertz CT molecular complexity index is 779. The molecule has 0 fully saturated rings. The molecule has 130 valence electrons. The van der Waals surface area contributed by atoms with E-state index >= 15 is 0 Å². The molecule has 0 aliphatic carbocycles. The lowest BCUT2D eigenvalue weighted by Gasteiger charge is -2.25. The molecule has 3 rings (SSSR count). The van der Waals surface area contributed by atoms with Crippen LogP contribution >= 0.6 is 0 Å². The van der Waals surface area contributed by atoms with Crippen LogP contribution < -0.4 is 0 Å². The van der Waals surface area contributed by atoms with Gasteiger partial charge in [0.15, 0.2) is 5.78 Å². The fraction of sp³-hybridized carbons (Fsp3) is 0.250. The average Bonchev–Trinajstić information content (AvgIpc) is 3.00. The van der Waals surface area contributed by atoms with Crippen molar-refractivity contribution in [2.75, 3.05) is 6.54 Å². The molecule has 0 amide bonds. The van der Waals surface area contributed by atoms with Crippen LogP contribution in [0.5, 0.6) is 0 Å². The van der Waals surface area contributed by atoms with Crippen LogP contribution in [0.1, 0.15) is 34.5 Å². The summed E-state index contributed by atoms with van der Waals surface area (Å²) in [4.78, 5) is 13.2. The molecule has 0 aromatic heterocycles. The molecule has 1 aliphatic heterocycles. The normalized spacial score (nSPS) is 18.2. The summed E-state index contributed by atoms with van der Waals surface area (Å²) in [6.45, 7) is 1.75. The van der Waals surface area contributed by atoms with E-state index in [9.17, 15) is 18.0 Å². The number of Topliss-reactive ketones (excluding diaryl/α,β-unsaturated/α-hetero) is 1. The molecule has 0 saturated heterocycles. The van der Waals surface area contributed by atoms with Gasteiger partial charge in [-0.2, -0.15) is 13.2 Å². The molecule has 2 aromatic carbocycles. The summed E-state index contributed by atoms with van der Waals surface area (Å²) in [5.41, 5.74) is 1.74. The van der Waals surface area contributed by atoms with Gasteiger partial charge in [0.2, 0.25) is 0 Å². The second kappa shape index (κ2) is 6.84. The first-order chi connectivity index (χ1) is 11.8. The molecule has 0 N–H and O–H groups in total. The Labute approximate surface area is 144 Å².